The predicted octanol–water partition coefficient (Wildman–Crippen LogP) is 5.13. The number of hydrogen-bond donors (Lipinski definition) is 2. The van der Waals surface area contributed by atoms with E-state index in [2.05, 4.69) is 32.7 Å². The lowest BCUT2D eigenvalue weighted by Gasteiger charge is -2.29. The molecular weight excluding hydrogens is 436 g/mol. The molecule has 1 aliphatic rings. The molecule has 34 heavy (non-hydrogen) atoms. The van der Waals surface area contributed by atoms with Gasteiger partial charge in [0.1, 0.15) is 5.82 Å². The molecule has 4 rings (SSSR count). The molecule has 0 saturated heterocycles. The maximum atomic E-state index is 13.8. The quantitative estimate of drug-likeness (QED) is 0.526. The molecule has 1 fully saturated rings. The van der Waals surface area contributed by atoms with Crippen molar-refractivity contribution >= 4 is 28.6 Å². The number of carbonyl (C=O) groups is 1. The summed E-state index contributed by atoms with van der Waals surface area (Å²) in [4.78, 5) is 23.5. The lowest BCUT2D eigenvalue weighted by Crippen LogP contribution is -2.37. The second-order valence-electron chi connectivity index (χ2n) is 9.38. The Labute approximate surface area is 198 Å². The van der Waals surface area contributed by atoms with Crippen LogP contribution in [0.4, 0.5) is 20.5 Å². The van der Waals surface area contributed by atoms with Crippen molar-refractivity contribution in [2.45, 2.75) is 51.6 Å². The summed E-state index contributed by atoms with van der Waals surface area (Å²) in [7, 11) is 3.60. The van der Waals surface area contributed by atoms with Gasteiger partial charge in [-0.15, -0.1) is 0 Å². The minimum Gasteiger partial charge on any atom is -0.362 e. The van der Waals surface area contributed by atoms with Gasteiger partial charge >= 0.3 is 0 Å². The van der Waals surface area contributed by atoms with Crippen molar-refractivity contribution in [3.05, 3.63) is 59.2 Å². The van der Waals surface area contributed by atoms with Crippen LogP contribution in [0.2, 0.25) is 0 Å². The number of aromatic nitrogens is 2. The molecule has 2 N–H and O–H groups in total. The molecule has 1 saturated carbocycles. The number of fused-ring (bicyclic) bond motifs is 1. The highest BCUT2D eigenvalue weighted by atomic mass is 19.2. The highest BCUT2D eigenvalue weighted by molar-refractivity contribution is 5.90. The zero-order chi connectivity index (χ0) is 24.4. The first-order valence-electron chi connectivity index (χ1n) is 11.7. The fourth-order valence-corrected chi connectivity index (χ4v) is 4.47. The summed E-state index contributed by atoms with van der Waals surface area (Å²) in [5.41, 5.74) is 2.63. The lowest BCUT2D eigenvalue weighted by molar-refractivity contribution is -0.126. The molecule has 3 aromatic rings. The van der Waals surface area contributed by atoms with E-state index in [-0.39, 0.29) is 23.9 Å². The molecule has 0 radical (unpaired) electrons. The number of nitrogens with one attached hydrogen (secondary N) is 2. The standard InChI is InChI=1S/C26H31F2N5O/c1-15-5-7-17(8-6-15)16(2)29-25(34)18-9-11-19(12-10-18)30-26-31-23-14-22(28)21(27)13-20(23)24(32-26)33(3)4/h5-8,13-14,16,18-19H,9-12H2,1-4H3,(H,29,34)(H,30,31,32)/t16-,18-,19+/m0/s1. The number of rotatable bonds is 6. The summed E-state index contributed by atoms with van der Waals surface area (Å²) in [5, 5.41) is 6.94. The van der Waals surface area contributed by atoms with Gasteiger partial charge in [0.2, 0.25) is 11.9 Å². The smallest absolute Gasteiger partial charge is 0.225 e. The van der Waals surface area contributed by atoms with E-state index in [4.69, 9.17) is 0 Å². The predicted molar refractivity (Wildman–Crippen MR) is 131 cm³/mol. The highest BCUT2D eigenvalue weighted by Gasteiger charge is 2.28. The van der Waals surface area contributed by atoms with Crippen LogP contribution in [-0.2, 0) is 4.79 Å². The molecule has 2 aromatic carbocycles. The summed E-state index contributed by atoms with van der Waals surface area (Å²) in [6, 6.07) is 10.5. The maximum absolute atomic E-state index is 13.8. The fourth-order valence-electron chi connectivity index (χ4n) is 4.47. The Morgan fingerprint density at radius 3 is 2.32 bits per heavy atom. The zero-order valence-corrected chi connectivity index (χ0v) is 20.0. The molecule has 1 amide bonds. The average molecular weight is 468 g/mol. The number of carbonyl (C=O) groups excluding carboxylic acids is 1. The number of aryl methyl sites for hydroxylation is 1. The van der Waals surface area contributed by atoms with Crippen molar-refractivity contribution in [2.24, 2.45) is 5.92 Å². The summed E-state index contributed by atoms with van der Waals surface area (Å²) in [6.07, 6.45) is 3.12. The Kier molecular flexibility index (Phi) is 6.95. The van der Waals surface area contributed by atoms with Crippen molar-refractivity contribution in [1.82, 2.24) is 15.3 Å². The van der Waals surface area contributed by atoms with Crippen LogP contribution in [-0.4, -0.2) is 36.0 Å². The topological polar surface area (TPSA) is 70.2 Å². The van der Waals surface area contributed by atoms with E-state index < -0.39 is 11.6 Å². The largest absolute Gasteiger partial charge is 0.362 e. The average Bonchev–Trinajstić information content (AvgIpc) is 2.80. The Bertz CT molecular complexity index is 1170. The number of anilines is 2. The summed E-state index contributed by atoms with van der Waals surface area (Å²) < 4.78 is 27.6. The van der Waals surface area contributed by atoms with E-state index in [1.165, 1.54) is 5.56 Å². The molecule has 180 valence electrons. The second kappa shape index (κ2) is 9.91. The van der Waals surface area contributed by atoms with Crippen molar-refractivity contribution in [1.29, 1.82) is 0 Å². The highest BCUT2D eigenvalue weighted by Crippen LogP contribution is 2.30. The van der Waals surface area contributed by atoms with Gasteiger partial charge in [-0.2, -0.15) is 4.98 Å². The van der Waals surface area contributed by atoms with Crippen LogP contribution >= 0.6 is 0 Å². The van der Waals surface area contributed by atoms with E-state index in [9.17, 15) is 13.6 Å². The lowest BCUT2D eigenvalue weighted by atomic mass is 9.85. The third-order valence-corrected chi connectivity index (χ3v) is 6.51. The molecular formula is C26H31F2N5O. The van der Waals surface area contributed by atoms with Gasteiger partial charge in [0.25, 0.3) is 0 Å². The van der Waals surface area contributed by atoms with Gasteiger partial charge in [-0.1, -0.05) is 29.8 Å². The molecule has 1 heterocycles. The molecule has 0 spiro atoms. The van der Waals surface area contributed by atoms with E-state index in [1.54, 1.807) is 19.0 Å². The van der Waals surface area contributed by atoms with Crippen LogP contribution in [0, 0.1) is 24.5 Å². The Balaban J connectivity index is 1.38. The molecule has 8 heteroatoms. The first-order chi connectivity index (χ1) is 16.2. The van der Waals surface area contributed by atoms with Crippen molar-refractivity contribution < 1.29 is 13.6 Å². The number of hydrogen-bond acceptors (Lipinski definition) is 5. The molecule has 0 aliphatic heterocycles. The molecule has 1 atom stereocenters. The van der Waals surface area contributed by atoms with Gasteiger partial charge < -0.3 is 15.5 Å². The normalized spacial score (nSPS) is 19.0. The monoisotopic (exact) mass is 467 g/mol. The van der Waals surface area contributed by atoms with Crippen LogP contribution in [0.5, 0.6) is 0 Å². The van der Waals surface area contributed by atoms with E-state index in [0.29, 0.717) is 22.7 Å². The van der Waals surface area contributed by atoms with Gasteiger partial charge in [-0.3, -0.25) is 4.79 Å². The maximum Gasteiger partial charge on any atom is 0.225 e. The third kappa shape index (κ3) is 5.26. The first-order valence-corrected chi connectivity index (χ1v) is 11.7. The van der Waals surface area contributed by atoms with Crippen molar-refractivity contribution in [2.75, 3.05) is 24.3 Å². The van der Waals surface area contributed by atoms with Gasteiger partial charge in [0.05, 0.1) is 11.6 Å². The van der Waals surface area contributed by atoms with Crippen LogP contribution < -0.4 is 15.5 Å². The number of amides is 1. The van der Waals surface area contributed by atoms with Crippen LogP contribution in [0.25, 0.3) is 10.9 Å². The van der Waals surface area contributed by atoms with Crippen LogP contribution in [0.1, 0.15) is 49.8 Å². The SMILES string of the molecule is Cc1ccc([C@H](C)NC(=O)[C@H]2CC[C@@H](Nc3nc(N(C)C)c4cc(F)c(F)cc4n3)CC2)cc1. The van der Waals surface area contributed by atoms with Gasteiger partial charge in [0.15, 0.2) is 11.6 Å². The van der Waals surface area contributed by atoms with Crippen molar-refractivity contribution in [3.63, 3.8) is 0 Å². The van der Waals surface area contributed by atoms with Crippen LogP contribution in [0.3, 0.4) is 0 Å². The molecule has 0 unspecified atom stereocenters. The number of benzene rings is 2. The molecule has 0 bridgehead atoms. The van der Waals surface area contributed by atoms with E-state index >= 15 is 0 Å². The molecule has 6 nitrogen and oxygen atoms in total. The van der Waals surface area contributed by atoms with E-state index in [1.807, 2.05) is 26.0 Å². The Morgan fingerprint density at radius 2 is 1.68 bits per heavy atom. The summed E-state index contributed by atoms with van der Waals surface area (Å²) in [6.45, 7) is 4.05. The Morgan fingerprint density at radius 1 is 1.03 bits per heavy atom. The number of nitrogens with zero attached hydrogens (tertiary/aromatic N) is 3. The third-order valence-electron chi connectivity index (χ3n) is 6.51. The number of halogens is 2. The first kappa shape index (κ1) is 23.9. The second-order valence-corrected chi connectivity index (χ2v) is 9.38. The minimum atomic E-state index is -0.937. The summed E-state index contributed by atoms with van der Waals surface area (Å²) >= 11 is 0. The van der Waals surface area contributed by atoms with Gasteiger partial charge in [-0.25, -0.2) is 13.8 Å². The summed E-state index contributed by atoms with van der Waals surface area (Å²) in [5.74, 6) is -0.909. The Hall–Kier alpha value is -3.29. The van der Waals surface area contributed by atoms with Gasteiger partial charge in [0, 0.05) is 37.5 Å². The molecule has 1 aliphatic carbocycles. The van der Waals surface area contributed by atoms with E-state index in [0.717, 1.165) is 43.4 Å². The molecule has 1 aromatic heterocycles. The minimum absolute atomic E-state index is 0.0297. The van der Waals surface area contributed by atoms with Gasteiger partial charge in [-0.05, 0) is 51.2 Å². The van der Waals surface area contributed by atoms with Crippen LogP contribution in [0.15, 0.2) is 36.4 Å². The van der Waals surface area contributed by atoms with Crippen molar-refractivity contribution in [3.8, 4) is 0 Å². The zero-order valence-electron chi connectivity index (χ0n) is 20.0. The fraction of sp³-hybridized carbons (Fsp3) is 0.423.